The van der Waals surface area contributed by atoms with E-state index >= 15 is 0 Å². The number of rotatable bonds is 5. The second-order valence-corrected chi connectivity index (χ2v) is 12.8. The van der Waals surface area contributed by atoms with Crippen molar-refractivity contribution < 1.29 is 4.79 Å². The number of H-pyrrole nitrogens is 1. The van der Waals surface area contributed by atoms with Crippen LogP contribution in [0.5, 0.6) is 0 Å². The Hall–Kier alpha value is -3.49. The van der Waals surface area contributed by atoms with Gasteiger partial charge in [0.25, 0.3) is 5.91 Å². The van der Waals surface area contributed by atoms with E-state index in [4.69, 9.17) is 4.99 Å². The van der Waals surface area contributed by atoms with Crippen molar-refractivity contribution in [1.29, 1.82) is 0 Å². The van der Waals surface area contributed by atoms with Crippen molar-refractivity contribution in [1.82, 2.24) is 29.6 Å². The van der Waals surface area contributed by atoms with Gasteiger partial charge in [-0.3, -0.25) is 29.0 Å². The van der Waals surface area contributed by atoms with Crippen molar-refractivity contribution in [3.8, 4) is 11.3 Å². The summed E-state index contributed by atoms with van der Waals surface area (Å²) in [6.45, 7) is 11.5. The van der Waals surface area contributed by atoms with Crippen LogP contribution in [0.1, 0.15) is 70.8 Å². The van der Waals surface area contributed by atoms with Gasteiger partial charge in [-0.1, -0.05) is 40.7 Å². The normalized spacial score (nSPS) is 22.7. The fraction of sp³-hybridized carbons (Fsp3) is 0.552. The quantitative estimate of drug-likeness (QED) is 0.542. The first-order chi connectivity index (χ1) is 17.9. The summed E-state index contributed by atoms with van der Waals surface area (Å²) in [5, 5.41) is 11.5. The molecule has 0 aromatic carbocycles. The van der Waals surface area contributed by atoms with Crippen molar-refractivity contribution >= 4 is 12.0 Å². The third kappa shape index (κ3) is 5.11. The highest BCUT2D eigenvalue weighted by Crippen LogP contribution is 2.41. The average Bonchev–Trinajstić information content (AvgIpc) is 3.45. The van der Waals surface area contributed by atoms with Gasteiger partial charge in [-0.15, -0.1) is 0 Å². The Labute approximate surface area is 223 Å². The zero-order valence-electron chi connectivity index (χ0n) is 23.3. The second-order valence-electron chi connectivity index (χ2n) is 12.8. The molecule has 1 saturated carbocycles. The van der Waals surface area contributed by atoms with E-state index in [1.165, 1.54) is 0 Å². The summed E-state index contributed by atoms with van der Waals surface area (Å²) >= 11 is 0. The molecule has 202 valence electrons. The average molecular weight is 518 g/mol. The summed E-state index contributed by atoms with van der Waals surface area (Å²) in [5.74, 6) is 0.154. The molecule has 2 aliphatic rings. The van der Waals surface area contributed by atoms with Crippen LogP contribution in [-0.4, -0.2) is 42.3 Å². The first-order valence-corrected chi connectivity index (χ1v) is 13.5. The maximum absolute atomic E-state index is 13.2. The van der Waals surface area contributed by atoms with Crippen molar-refractivity contribution in [3.05, 3.63) is 57.6 Å². The Morgan fingerprint density at radius 3 is 2.68 bits per heavy atom. The molecule has 1 aliphatic carbocycles. The summed E-state index contributed by atoms with van der Waals surface area (Å²) in [4.78, 5) is 35.4. The third-order valence-electron chi connectivity index (χ3n) is 8.12. The molecule has 3 atom stereocenters. The topological polar surface area (TPSA) is 110 Å². The monoisotopic (exact) mass is 517 g/mol. The second kappa shape index (κ2) is 9.67. The van der Waals surface area contributed by atoms with E-state index < -0.39 is 0 Å². The Balaban J connectivity index is 1.34. The zero-order chi connectivity index (χ0) is 27.2. The van der Waals surface area contributed by atoms with Crippen LogP contribution in [0.2, 0.25) is 0 Å². The molecule has 9 heteroatoms. The van der Waals surface area contributed by atoms with E-state index in [0.29, 0.717) is 18.2 Å². The van der Waals surface area contributed by atoms with Crippen molar-refractivity contribution in [3.63, 3.8) is 0 Å². The molecule has 0 radical (unpaired) electrons. The summed E-state index contributed by atoms with van der Waals surface area (Å²) < 4.78 is 3.56. The van der Waals surface area contributed by atoms with Gasteiger partial charge in [-0.2, -0.15) is 5.10 Å². The predicted molar refractivity (Wildman–Crippen MR) is 147 cm³/mol. The summed E-state index contributed by atoms with van der Waals surface area (Å²) in [5.41, 5.74) is 2.83. The number of aromatic amines is 1. The molecule has 5 rings (SSSR count). The molecule has 1 aliphatic heterocycles. The number of carbonyl (C=O) groups excluding carboxylic acids is 1. The van der Waals surface area contributed by atoms with Crippen LogP contribution < -0.4 is 21.8 Å². The highest BCUT2D eigenvalue weighted by molar-refractivity contribution is 5.93. The van der Waals surface area contributed by atoms with Crippen molar-refractivity contribution in [2.24, 2.45) is 28.8 Å². The molecule has 0 saturated heterocycles. The molecule has 2 N–H and O–H groups in total. The first kappa shape index (κ1) is 26.1. The zero-order valence-corrected chi connectivity index (χ0v) is 23.3. The third-order valence-corrected chi connectivity index (χ3v) is 8.12. The number of aromatic nitrogens is 5. The Morgan fingerprint density at radius 2 is 1.97 bits per heavy atom. The highest BCUT2D eigenvalue weighted by Gasteiger charge is 2.40. The lowest BCUT2D eigenvalue weighted by atomic mass is 9.67. The van der Waals surface area contributed by atoms with Crippen molar-refractivity contribution in [2.45, 2.75) is 78.9 Å². The molecule has 4 heterocycles. The Bertz CT molecular complexity index is 1500. The number of amides is 1. The van der Waals surface area contributed by atoms with Gasteiger partial charge in [0.05, 0.1) is 17.1 Å². The van der Waals surface area contributed by atoms with Gasteiger partial charge < -0.3 is 5.32 Å². The molecule has 3 unspecified atom stereocenters. The smallest absolute Gasteiger partial charge is 0.330 e. The first-order valence-electron chi connectivity index (χ1n) is 13.5. The fourth-order valence-electron chi connectivity index (χ4n) is 5.81. The largest absolute Gasteiger partial charge is 0.347 e. The number of carbonyl (C=O) groups is 1. The van der Waals surface area contributed by atoms with Gasteiger partial charge in [0.1, 0.15) is 0 Å². The van der Waals surface area contributed by atoms with Crippen LogP contribution in [0, 0.1) is 16.7 Å². The lowest BCUT2D eigenvalue weighted by Gasteiger charge is -2.44. The van der Waals surface area contributed by atoms with E-state index in [-0.39, 0.29) is 34.5 Å². The molecule has 3 aromatic heterocycles. The van der Waals surface area contributed by atoms with Gasteiger partial charge in [-0.05, 0) is 60.6 Å². The van der Waals surface area contributed by atoms with E-state index in [1.807, 2.05) is 23.7 Å². The summed E-state index contributed by atoms with van der Waals surface area (Å²) in [6, 6.07) is 5.65. The minimum atomic E-state index is -0.170. The minimum Gasteiger partial charge on any atom is -0.347 e. The standard InChI is InChI=1S/C29H39N7O2/c1-28(2,3)17-36-23-8-7-20(31-25(23)35(6)27(36)38)19-9-12-29(4,5)24(15-19)32-26(37)22-16-21(33-34-22)18-10-13-30-14-11-18/h8,10-11,13-14,16,19-20,24H,7,9,12,15,17H2,1-6H3,(H,32,37)(H,33,34). The summed E-state index contributed by atoms with van der Waals surface area (Å²) in [6.07, 6.45) is 9.31. The number of nitrogens with one attached hydrogen (secondary N) is 2. The maximum Gasteiger partial charge on any atom is 0.330 e. The van der Waals surface area contributed by atoms with Gasteiger partial charge in [0.2, 0.25) is 0 Å². The highest BCUT2D eigenvalue weighted by atomic mass is 16.2. The van der Waals surface area contributed by atoms with Crippen LogP contribution in [-0.2, 0) is 13.6 Å². The minimum absolute atomic E-state index is 0.000676. The van der Waals surface area contributed by atoms with Crippen LogP contribution in [0.4, 0.5) is 0 Å². The number of pyridine rings is 1. The van der Waals surface area contributed by atoms with Gasteiger partial charge in [-0.25, -0.2) is 4.79 Å². The van der Waals surface area contributed by atoms with E-state index in [2.05, 4.69) is 61.2 Å². The molecule has 38 heavy (non-hydrogen) atoms. The number of hydrogen-bond donors (Lipinski definition) is 2. The summed E-state index contributed by atoms with van der Waals surface area (Å²) in [7, 11) is 1.82. The predicted octanol–water partition coefficient (Wildman–Crippen LogP) is 2.82. The van der Waals surface area contributed by atoms with Gasteiger partial charge in [0.15, 0.2) is 11.2 Å². The van der Waals surface area contributed by atoms with Crippen LogP contribution in [0.15, 0.2) is 40.4 Å². The van der Waals surface area contributed by atoms with Crippen LogP contribution >= 0.6 is 0 Å². The molecule has 1 amide bonds. The molecule has 9 nitrogen and oxygen atoms in total. The number of imidazole rings is 1. The molecular weight excluding hydrogens is 478 g/mol. The van der Waals surface area contributed by atoms with Gasteiger partial charge >= 0.3 is 5.69 Å². The molecule has 3 aromatic rings. The molecule has 0 bridgehead atoms. The van der Waals surface area contributed by atoms with Gasteiger partial charge in [0, 0.05) is 37.6 Å². The number of nitrogens with zero attached hydrogens (tertiary/aromatic N) is 5. The lowest BCUT2D eigenvalue weighted by molar-refractivity contribution is 0.0772. The van der Waals surface area contributed by atoms with Crippen molar-refractivity contribution in [2.75, 3.05) is 0 Å². The number of fused-ring (bicyclic) bond motifs is 1. The SMILES string of the molecule is Cn1c2c(n(CC(C)(C)C)c1=O)=CCC(C1CCC(C)(C)C(NC(=O)c3cc(-c4ccncc4)[nH]n3)C1)N=2. The molecule has 0 spiro atoms. The Kier molecular flexibility index (Phi) is 6.65. The Morgan fingerprint density at radius 1 is 1.24 bits per heavy atom. The number of hydrogen-bond acceptors (Lipinski definition) is 5. The molecular formula is C29H39N7O2. The molecule has 1 fully saturated rings. The van der Waals surface area contributed by atoms with Crippen LogP contribution in [0.3, 0.4) is 0 Å². The fourth-order valence-corrected chi connectivity index (χ4v) is 5.81. The lowest BCUT2D eigenvalue weighted by Crippen LogP contribution is -2.51. The van der Waals surface area contributed by atoms with E-state index in [9.17, 15) is 9.59 Å². The van der Waals surface area contributed by atoms with Crippen LogP contribution in [0.25, 0.3) is 17.3 Å². The van der Waals surface area contributed by atoms with E-state index in [1.54, 1.807) is 23.0 Å². The maximum atomic E-state index is 13.2. The van der Waals surface area contributed by atoms with E-state index in [0.717, 1.165) is 47.8 Å².